The first-order valence-corrected chi connectivity index (χ1v) is 5.67. The third-order valence-electron chi connectivity index (χ3n) is 2.72. The Balaban J connectivity index is 2.00. The maximum atomic E-state index is 5.64. The van der Waals surface area contributed by atoms with Crippen molar-refractivity contribution in [2.24, 2.45) is 0 Å². The predicted octanol–water partition coefficient (Wildman–Crippen LogP) is 1.57. The zero-order chi connectivity index (χ0) is 10.2. The lowest BCUT2D eigenvalue weighted by Crippen LogP contribution is -2.37. The molecule has 14 heavy (non-hydrogen) atoms. The van der Waals surface area contributed by atoms with Gasteiger partial charge in [-0.15, -0.1) is 0 Å². The number of hydrogen-bond acceptors (Lipinski definition) is 3. The monoisotopic (exact) mass is 201 g/mol. The molecule has 3 nitrogen and oxygen atoms in total. The lowest BCUT2D eigenvalue weighted by Gasteiger charge is -2.24. The summed E-state index contributed by atoms with van der Waals surface area (Å²) in [7, 11) is 1.75. The third-order valence-corrected chi connectivity index (χ3v) is 2.72. The molecule has 0 spiro atoms. The Bertz CT molecular complexity index is 135. The second-order valence-corrected chi connectivity index (χ2v) is 4.08. The normalized spacial score (nSPS) is 24.9. The van der Waals surface area contributed by atoms with Crippen molar-refractivity contribution in [1.29, 1.82) is 0 Å². The van der Waals surface area contributed by atoms with E-state index in [0.29, 0.717) is 12.1 Å². The Morgan fingerprint density at radius 2 is 2.36 bits per heavy atom. The first-order valence-electron chi connectivity index (χ1n) is 5.67. The van der Waals surface area contributed by atoms with Crippen molar-refractivity contribution in [3.05, 3.63) is 0 Å². The lowest BCUT2D eigenvalue weighted by molar-refractivity contribution is 0.0151. The summed E-state index contributed by atoms with van der Waals surface area (Å²) in [5.74, 6) is 0. The van der Waals surface area contributed by atoms with Crippen molar-refractivity contribution in [2.75, 3.05) is 26.9 Å². The van der Waals surface area contributed by atoms with Crippen LogP contribution in [0.4, 0.5) is 0 Å². The van der Waals surface area contributed by atoms with Gasteiger partial charge in [0.25, 0.3) is 0 Å². The quantitative estimate of drug-likeness (QED) is 0.707. The topological polar surface area (TPSA) is 30.5 Å². The molecular weight excluding hydrogens is 178 g/mol. The molecule has 1 heterocycles. The van der Waals surface area contributed by atoms with E-state index in [-0.39, 0.29) is 0 Å². The molecule has 1 saturated heterocycles. The molecule has 0 aromatic carbocycles. The van der Waals surface area contributed by atoms with E-state index in [1.165, 1.54) is 19.3 Å². The summed E-state index contributed by atoms with van der Waals surface area (Å²) in [6.07, 6.45) is 5.27. The van der Waals surface area contributed by atoms with E-state index in [9.17, 15) is 0 Å². The molecule has 0 aromatic rings. The van der Waals surface area contributed by atoms with Crippen molar-refractivity contribution >= 4 is 0 Å². The Hall–Kier alpha value is -0.120. The van der Waals surface area contributed by atoms with E-state index in [1.54, 1.807) is 7.11 Å². The smallest absolute Gasteiger partial charge is 0.0699 e. The predicted molar refractivity (Wildman–Crippen MR) is 57.5 cm³/mol. The second-order valence-electron chi connectivity index (χ2n) is 4.08. The fourth-order valence-electron chi connectivity index (χ4n) is 1.70. The molecule has 0 radical (unpaired) electrons. The molecule has 1 aliphatic heterocycles. The maximum absolute atomic E-state index is 5.64. The largest absolute Gasteiger partial charge is 0.385 e. The number of rotatable bonds is 6. The van der Waals surface area contributed by atoms with Crippen LogP contribution in [-0.4, -0.2) is 39.0 Å². The van der Waals surface area contributed by atoms with Crippen LogP contribution in [0.3, 0.4) is 0 Å². The summed E-state index contributed by atoms with van der Waals surface area (Å²) in [6.45, 7) is 4.96. The van der Waals surface area contributed by atoms with Gasteiger partial charge >= 0.3 is 0 Å². The van der Waals surface area contributed by atoms with Gasteiger partial charge in [-0.25, -0.2) is 0 Å². The Kier molecular flexibility index (Phi) is 6.15. The highest BCUT2D eigenvalue weighted by Crippen LogP contribution is 2.11. The van der Waals surface area contributed by atoms with Crippen LogP contribution < -0.4 is 5.32 Å². The van der Waals surface area contributed by atoms with Crippen molar-refractivity contribution < 1.29 is 9.47 Å². The van der Waals surface area contributed by atoms with Gasteiger partial charge in [0, 0.05) is 32.9 Å². The SMILES string of the molecule is COCCC(C)NCC1CCCCO1. The van der Waals surface area contributed by atoms with Crippen LogP contribution in [0.1, 0.15) is 32.6 Å². The number of ether oxygens (including phenoxy) is 2. The van der Waals surface area contributed by atoms with Gasteiger partial charge in [0.15, 0.2) is 0 Å². The summed E-state index contributed by atoms with van der Waals surface area (Å²) in [6, 6.07) is 0.528. The molecule has 1 N–H and O–H groups in total. The van der Waals surface area contributed by atoms with Crippen LogP contribution in [0.15, 0.2) is 0 Å². The van der Waals surface area contributed by atoms with E-state index in [0.717, 1.165) is 26.2 Å². The van der Waals surface area contributed by atoms with E-state index in [4.69, 9.17) is 9.47 Å². The van der Waals surface area contributed by atoms with E-state index >= 15 is 0 Å². The molecule has 2 atom stereocenters. The first-order chi connectivity index (χ1) is 6.83. The summed E-state index contributed by atoms with van der Waals surface area (Å²) >= 11 is 0. The lowest BCUT2D eigenvalue weighted by atomic mass is 10.1. The summed E-state index contributed by atoms with van der Waals surface area (Å²) in [5.41, 5.74) is 0. The minimum atomic E-state index is 0.439. The highest BCUT2D eigenvalue weighted by Gasteiger charge is 2.14. The summed E-state index contributed by atoms with van der Waals surface area (Å²) in [5, 5.41) is 3.48. The molecule has 1 aliphatic rings. The minimum Gasteiger partial charge on any atom is -0.385 e. The van der Waals surface area contributed by atoms with Crippen LogP contribution in [0, 0.1) is 0 Å². The molecule has 2 unspecified atom stereocenters. The van der Waals surface area contributed by atoms with Gasteiger partial charge in [-0.2, -0.15) is 0 Å². The molecule has 0 bridgehead atoms. The van der Waals surface area contributed by atoms with E-state index in [1.807, 2.05) is 0 Å². The highest BCUT2D eigenvalue weighted by atomic mass is 16.5. The van der Waals surface area contributed by atoms with Gasteiger partial charge < -0.3 is 14.8 Å². The van der Waals surface area contributed by atoms with Crippen LogP contribution in [0.2, 0.25) is 0 Å². The molecule has 0 aromatic heterocycles. The van der Waals surface area contributed by atoms with Gasteiger partial charge in [0.1, 0.15) is 0 Å². The van der Waals surface area contributed by atoms with Gasteiger partial charge in [0.2, 0.25) is 0 Å². The molecule has 0 amide bonds. The van der Waals surface area contributed by atoms with E-state index in [2.05, 4.69) is 12.2 Å². The molecule has 3 heteroatoms. The van der Waals surface area contributed by atoms with Crippen LogP contribution in [0.25, 0.3) is 0 Å². The van der Waals surface area contributed by atoms with Gasteiger partial charge in [-0.3, -0.25) is 0 Å². The van der Waals surface area contributed by atoms with Gasteiger partial charge in [-0.05, 0) is 32.6 Å². The fraction of sp³-hybridized carbons (Fsp3) is 1.00. The van der Waals surface area contributed by atoms with Crippen LogP contribution >= 0.6 is 0 Å². The molecular formula is C11H23NO2. The third kappa shape index (κ3) is 4.94. The Morgan fingerprint density at radius 1 is 1.50 bits per heavy atom. The van der Waals surface area contributed by atoms with Gasteiger partial charge in [-0.1, -0.05) is 0 Å². The standard InChI is InChI=1S/C11H23NO2/c1-10(6-8-13-2)12-9-11-5-3-4-7-14-11/h10-12H,3-9H2,1-2H3. The minimum absolute atomic E-state index is 0.439. The summed E-state index contributed by atoms with van der Waals surface area (Å²) < 4.78 is 10.7. The van der Waals surface area contributed by atoms with Gasteiger partial charge in [0.05, 0.1) is 6.10 Å². The Labute approximate surface area is 87.2 Å². The van der Waals surface area contributed by atoms with Crippen molar-refractivity contribution in [3.8, 4) is 0 Å². The Morgan fingerprint density at radius 3 is 3.00 bits per heavy atom. The molecule has 0 saturated carbocycles. The van der Waals surface area contributed by atoms with Crippen molar-refractivity contribution in [1.82, 2.24) is 5.32 Å². The van der Waals surface area contributed by atoms with Crippen LogP contribution in [0.5, 0.6) is 0 Å². The number of methoxy groups -OCH3 is 1. The highest BCUT2D eigenvalue weighted by molar-refractivity contribution is 4.69. The number of nitrogens with one attached hydrogen (secondary N) is 1. The molecule has 0 aliphatic carbocycles. The molecule has 1 rings (SSSR count). The zero-order valence-electron chi connectivity index (χ0n) is 9.42. The van der Waals surface area contributed by atoms with E-state index < -0.39 is 0 Å². The molecule has 84 valence electrons. The summed E-state index contributed by atoms with van der Waals surface area (Å²) in [4.78, 5) is 0. The fourth-order valence-corrected chi connectivity index (χ4v) is 1.70. The van der Waals surface area contributed by atoms with Crippen molar-refractivity contribution in [3.63, 3.8) is 0 Å². The van der Waals surface area contributed by atoms with Crippen LogP contribution in [-0.2, 0) is 9.47 Å². The first kappa shape index (κ1) is 12.0. The molecule has 1 fully saturated rings. The van der Waals surface area contributed by atoms with Crippen molar-refractivity contribution in [2.45, 2.75) is 44.8 Å². The average Bonchev–Trinajstić information content (AvgIpc) is 2.25. The number of hydrogen-bond donors (Lipinski definition) is 1. The average molecular weight is 201 g/mol. The maximum Gasteiger partial charge on any atom is 0.0699 e. The zero-order valence-corrected chi connectivity index (χ0v) is 9.42. The second kappa shape index (κ2) is 7.21.